The first kappa shape index (κ1) is 12.3. The van der Waals surface area contributed by atoms with Crippen molar-refractivity contribution in [3.63, 3.8) is 0 Å². The Labute approximate surface area is 96.3 Å². The van der Waals surface area contributed by atoms with E-state index in [1.54, 1.807) is 18.7 Å². The Morgan fingerprint density at radius 1 is 1.33 bits per heavy atom. The number of thioether (sulfide) groups is 1. The fourth-order valence-corrected chi connectivity index (χ4v) is 1.93. The first-order valence-electron chi connectivity index (χ1n) is 5.27. The molecule has 1 nitrogen and oxygen atoms in total. The van der Waals surface area contributed by atoms with Gasteiger partial charge in [-0.15, -0.1) is 11.8 Å². The number of hydrogen-bond acceptors (Lipinski definition) is 2. The topological polar surface area (TPSA) is 17.1 Å². The van der Waals surface area contributed by atoms with E-state index in [2.05, 4.69) is 37.4 Å². The average Bonchev–Trinajstić information content (AvgIpc) is 2.26. The lowest BCUT2D eigenvalue weighted by Crippen LogP contribution is -1.97. The van der Waals surface area contributed by atoms with Gasteiger partial charge in [0.25, 0.3) is 0 Å². The second-order valence-electron chi connectivity index (χ2n) is 3.91. The first-order valence-corrected chi connectivity index (χ1v) is 6.49. The summed E-state index contributed by atoms with van der Waals surface area (Å²) in [6.07, 6.45) is 3.72. The van der Waals surface area contributed by atoms with E-state index in [0.717, 1.165) is 6.42 Å². The molecule has 0 amide bonds. The maximum atomic E-state index is 10.9. The van der Waals surface area contributed by atoms with Crippen LogP contribution >= 0.6 is 11.8 Å². The number of carbonyl (C=O) groups excluding carboxylic acids is 1. The average molecular weight is 222 g/mol. The molecule has 0 spiro atoms. The van der Waals surface area contributed by atoms with Crippen LogP contribution in [0.1, 0.15) is 38.2 Å². The Balaban J connectivity index is 2.57. The number of Topliss-reactive ketones (excluding diaryl/α,β-unsaturated/α-hetero) is 1. The number of benzene rings is 1. The van der Waals surface area contributed by atoms with Crippen molar-refractivity contribution in [1.29, 1.82) is 0 Å². The highest BCUT2D eigenvalue weighted by molar-refractivity contribution is 7.98. The summed E-state index contributed by atoms with van der Waals surface area (Å²) in [6, 6.07) is 8.61. The van der Waals surface area contributed by atoms with Crippen molar-refractivity contribution < 1.29 is 4.79 Å². The highest BCUT2D eigenvalue weighted by atomic mass is 32.2. The van der Waals surface area contributed by atoms with Crippen LogP contribution < -0.4 is 0 Å². The molecular weight excluding hydrogens is 204 g/mol. The van der Waals surface area contributed by atoms with Gasteiger partial charge in [-0.2, -0.15) is 0 Å². The highest BCUT2D eigenvalue weighted by Crippen LogP contribution is 2.23. The van der Waals surface area contributed by atoms with Crippen LogP contribution in [-0.4, -0.2) is 12.0 Å². The Morgan fingerprint density at radius 3 is 2.40 bits per heavy atom. The molecule has 0 bridgehead atoms. The molecule has 1 rings (SSSR count). The molecule has 0 heterocycles. The molecule has 2 heteroatoms. The minimum absolute atomic E-state index is 0.280. The summed E-state index contributed by atoms with van der Waals surface area (Å²) < 4.78 is 0. The van der Waals surface area contributed by atoms with Gasteiger partial charge in [0.05, 0.1) is 0 Å². The van der Waals surface area contributed by atoms with E-state index in [-0.39, 0.29) is 5.78 Å². The molecule has 0 fully saturated rings. The Bertz CT molecular complexity index is 316. The van der Waals surface area contributed by atoms with E-state index < -0.39 is 0 Å². The van der Waals surface area contributed by atoms with Gasteiger partial charge in [0.1, 0.15) is 5.78 Å². The van der Waals surface area contributed by atoms with Gasteiger partial charge in [0.2, 0.25) is 0 Å². The van der Waals surface area contributed by atoms with Crippen LogP contribution in [0.25, 0.3) is 0 Å². The molecule has 0 aliphatic heterocycles. The summed E-state index contributed by atoms with van der Waals surface area (Å²) in [5.41, 5.74) is 1.33. The third-order valence-electron chi connectivity index (χ3n) is 2.61. The molecule has 0 saturated heterocycles. The van der Waals surface area contributed by atoms with Crippen molar-refractivity contribution in [2.24, 2.45) is 0 Å². The molecular formula is C13H18OS. The SMILES string of the molecule is CSc1ccc(C(C)CCC(C)=O)cc1. The molecule has 1 atom stereocenters. The third-order valence-corrected chi connectivity index (χ3v) is 3.36. The lowest BCUT2D eigenvalue weighted by molar-refractivity contribution is -0.117. The van der Waals surface area contributed by atoms with E-state index in [1.165, 1.54) is 10.5 Å². The molecule has 0 aliphatic carbocycles. The Hall–Kier alpha value is -0.760. The summed E-state index contributed by atoms with van der Waals surface area (Å²) in [4.78, 5) is 12.2. The minimum atomic E-state index is 0.280. The van der Waals surface area contributed by atoms with Crippen LogP contribution in [0.2, 0.25) is 0 Å². The van der Waals surface area contributed by atoms with Gasteiger partial charge < -0.3 is 4.79 Å². The molecule has 1 aromatic carbocycles. The van der Waals surface area contributed by atoms with E-state index in [1.807, 2.05) is 0 Å². The summed E-state index contributed by atoms with van der Waals surface area (Å²) in [5, 5.41) is 0. The third kappa shape index (κ3) is 4.08. The van der Waals surface area contributed by atoms with Crippen molar-refractivity contribution in [2.75, 3.05) is 6.26 Å². The second kappa shape index (κ2) is 5.96. The predicted octanol–water partition coefficient (Wildman–Crippen LogP) is 3.88. The fraction of sp³-hybridized carbons (Fsp3) is 0.462. The van der Waals surface area contributed by atoms with Gasteiger partial charge in [-0.25, -0.2) is 0 Å². The summed E-state index contributed by atoms with van der Waals surface area (Å²) in [7, 11) is 0. The van der Waals surface area contributed by atoms with Crippen LogP contribution in [0.15, 0.2) is 29.2 Å². The van der Waals surface area contributed by atoms with Gasteiger partial charge in [-0.3, -0.25) is 0 Å². The number of carbonyl (C=O) groups is 1. The van der Waals surface area contributed by atoms with Crippen molar-refractivity contribution >= 4 is 17.5 Å². The van der Waals surface area contributed by atoms with Gasteiger partial charge in [0, 0.05) is 11.3 Å². The Morgan fingerprint density at radius 2 is 1.93 bits per heavy atom. The molecule has 0 saturated carbocycles. The van der Waals surface area contributed by atoms with E-state index >= 15 is 0 Å². The minimum Gasteiger partial charge on any atom is -0.300 e. The molecule has 1 aromatic rings. The number of hydrogen-bond donors (Lipinski definition) is 0. The van der Waals surface area contributed by atoms with E-state index in [4.69, 9.17) is 0 Å². The van der Waals surface area contributed by atoms with E-state index in [9.17, 15) is 4.79 Å². The van der Waals surface area contributed by atoms with Crippen molar-refractivity contribution in [1.82, 2.24) is 0 Å². The van der Waals surface area contributed by atoms with Crippen molar-refractivity contribution in [3.05, 3.63) is 29.8 Å². The van der Waals surface area contributed by atoms with Gasteiger partial charge in [-0.05, 0) is 43.2 Å². The monoisotopic (exact) mass is 222 g/mol. The number of rotatable bonds is 5. The molecule has 0 N–H and O–H groups in total. The largest absolute Gasteiger partial charge is 0.300 e. The summed E-state index contributed by atoms with van der Waals surface area (Å²) >= 11 is 1.75. The normalized spacial score (nSPS) is 12.5. The van der Waals surface area contributed by atoms with E-state index in [0.29, 0.717) is 12.3 Å². The maximum absolute atomic E-state index is 10.9. The van der Waals surface area contributed by atoms with Crippen molar-refractivity contribution in [2.45, 2.75) is 37.5 Å². The molecule has 82 valence electrons. The molecule has 0 radical (unpaired) electrons. The van der Waals surface area contributed by atoms with Crippen LogP contribution in [0.3, 0.4) is 0 Å². The molecule has 0 aliphatic rings. The van der Waals surface area contributed by atoms with Crippen LogP contribution in [0.5, 0.6) is 0 Å². The lowest BCUT2D eigenvalue weighted by Gasteiger charge is -2.11. The maximum Gasteiger partial charge on any atom is 0.129 e. The second-order valence-corrected chi connectivity index (χ2v) is 4.79. The smallest absolute Gasteiger partial charge is 0.129 e. The number of ketones is 1. The fourth-order valence-electron chi connectivity index (χ4n) is 1.52. The van der Waals surface area contributed by atoms with Gasteiger partial charge >= 0.3 is 0 Å². The first-order chi connectivity index (χ1) is 7.13. The van der Waals surface area contributed by atoms with Gasteiger partial charge in [0.15, 0.2) is 0 Å². The molecule has 15 heavy (non-hydrogen) atoms. The van der Waals surface area contributed by atoms with Crippen LogP contribution in [0, 0.1) is 0 Å². The van der Waals surface area contributed by atoms with Crippen LogP contribution in [0.4, 0.5) is 0 Å². The van der Waals surface area contributed by atoms with Crippen LogP contribution in [-0.2, 0) is 4.79 Å². The van der Waals surface area contributed by atoms with Gasteiger partial charge in [-0.1, -0.05) is 19.1 Å². The standard InChI is InChI=1S/C13H18OS/c1-10(4-5-11(2)14)12-6-8-13(15-3)9-7-12/h6-10H,4-5H2,1-3H3. The zero-order valence-electron chi connectivity index (χ0n) is 9.62. The predicted molar refractivity (Wildman–Crippen MR) is 66.6 cm³/mol. The van der Waals surface area contributed by atoms with Crippen molar-refractivity contribution in [3.8, 4) is 0 Å². The quantitative estimate of drug-likeness (QED) is 0.703. The Kier molecular flexibility index (Phi) is 4.89. The highest BCUT2D eigenvalue weighted by Gasteiger charge is 2.06. The zero-order chi connectivity index (χ0) is 11.3. The molecule has 1 unspecified atom stereocenters. The summed E-state index contributed by atoms with van der Waals surface area (Å²) in [6.45, 7) is 3.83. The zero-order valence-corrected chi connectivity index (χ0v) is 10.4. The summed E-state index contributed by atoms with van der Waals surface area (Å²) in [5.74, 6) is 0.757. The molecule has 0 aromatic heterocycles. The lowest BCUT2D eigenvalue weighted by atomic mass is 9.95.